The summed E-state index contributed by atoms with van der Waals surface area (Å²) in [6.45, 7) is 0. The second-order valence-electron chi connectivity index (χ2n) is 1.64. The van der Waals surface area contributed by atoms with Crippen LogP contribution in [0, 0.1) is 0 Å². The van der Waals surface area contributed by atoms with Crippen molar-refractivity contribution in [1.29, 1.82) is 0 Å². The molecule has 0 amide bonds. The van der Waals surface area contributed by atoms with Crippen molar-refractivity contribution >= 4 is 24.3 Å². The molecule has 46 valence electrons. The van der Waals surface area contributed by atoms with E-state index in [2.05, 4.69) is 0 Å². The van der Waals surface area contributed by atoms with Crippen LogP contribution in [-0.4, -0.2) is 7.99 Å². The molecular formula is C6H5ClOSi. The van der Waals surface area contributed by atoms with Gasteiger partial charge in [0.1, 0.15) is 0 Å². The van der Waals surface area contributed by atoms with Crippen molar-refractivity contribution in [2.45, 2.75) is 0 Å². The number of rotatable bonds is 1. The van der Waals surface area contributed by atoms with Crippen LogP contribution in [0.1, 0.15) is 0 Å². The molecule has 0 saturated heterocycles. The SMILES string of the molecule is O=[Si](Cl)c1ccccc1. The first-order chi connectivity index (χ1) is 4.30. The van der Waals surface area contributed by atoms with E-state index in [1.807, 2.05) is 18.2 Å². The minimum Gasteiger partial charge on any atom is -0.362 e. The molecule has 0 spiro atoms. The van der Waals surface area contributed by atoms with E-state index < -0.39 is 7.99 Å². The van der Waals surface area contributed by atoms with Gasteiger partial charge in [-0.25, -0.2) is 0 Å². The van der Waals surface area contributed by atoms with Crippen LogP contribution in [0.4, 0.5) is 0 Å². The summed E-state index contributed by atoms with van der Waals surface area (Å²) in [5.41, 5.74) is 0. The Morgan fingerprint density at radius 1 is 1.22 bits per heavy atom. The number of halogens is 1. The molecule has 0 aliphatic rings. The second-order valence-corrected chi connectivity index (χ2v) is 3.79. The van der Waals surface area contributed by atoms with Crippen LogP contribution < -0.4 is 5.19 Å². The van der Waals surface area contributed by atoms with Crippen LogP contribution in [0.5, 0.6) is 0 Å². The molecule has 1 rings (SSSR count). The molecule has 1 aromatic carbocycles. The first-order valence-electron chi connectivity index (χ1n) is 2.55. The minimum absolute atomic E-state index is 0.726. The topological polar surface area (TPSA) is 17.1 Å². The summed E-state index contributed by atoms with van der Waals surface area (Å²) in [5.74, 6) is 0. The van der Waals surface area contributed by atoms with Gasteiger partial charge in [0.05, 0.1) is 0 Å². The summed E-state index contributed by atoms with van der Waals surface area (Å²) >= 11 is 5.35. The zero-order valence-corrected chi connectivity index (χ0v) is 6.43. The van der Waals surface area contributed by atoms with Gasteiger partial charge in [0.25, 0.3) is 0 Å². The van der Waals surface area contributed by atoms with Gasteiger partial charge >= 0.3 is 7.99 Å². The van der Waals surface area contributed by atoms with Crippen molar-refractivity contribution in [3.8, 4) is 0 Å². The molecule has 9 heavy (non-hydrogen) atoms. The summed E-state index contributed by atoms with van der Waals surface area (Å²) in [7, 11) is -1.99. The van der Waals surface area contributed by atoms with Crippen molar-refractivity contribution in [2.75, 3.05) is 0 Å². The molecule has 0 bridgehead atoms. The van der Waals surface area contributed by atoms with Crippen LogP contribution in [0.2, 0.25) is 0 Å². The van der Waals surface area contributed by atoms with Gasteiger partial charge in [-0.15, -0.1) is 0 Å². The van der Waals surface area contributed by atoms with E-state index in [0.717, 1.165) is 5.19 Å². The molecule has 0 aliphatic carbocycles. The number of benzene rings is 1. The Morgan fingerprint density at radius 3 is 2.11 bits per heavy atom. The molecule has 3 heteroatoms. The van der Waals surface area contributed by atoms with Crippen LogP contribution in [0.3, 0.4) is 0 Å². The summed E-state index contributed by atoms with van der Waals surface area (Å²) in [5, 5.41) is 0.726. The fourth-order valence-electron chi connectivity index (χ4n) is 0.569. The van der Waals surface area contributed by atoms with E-state index in [-0.39, 0.29) is 0 Å². The van der Waals surface area contributed by atoms with E-state index in [9.17, 15) is 4.46 Å². The smallest absolute Gasteiger partial charge is 0.362 e. The Labute approximate surface area is 59.6 Å². The van der Waals surface area contributed by atoms with Crippen molar-refractivity contribution in [2.24, 2.45) is 0 Å². The monoisotopic (exact) mass is 156 g/mol. The molecule has 0 unspecified atom stereocenters. The third-order valence-corrected chi connectivity index (χ3v) is 2.44. The molecule has 0 N–H and O–H groups in total. The maximum atomic E-state index is 10.6. The van der Waals surface area contributed by atoms with Crippen molar-refractivity contribution < 1.29 is 4.46 Å². The van der Waals surface area contributed by atoms with Gasteiger partial charge in [0.2, 0.25) is 0 Å². The summed E-state index contributed by atoms with van der Waals surface area (Å²) < 4.78 is 10.6. The maximum absolute atomic E-state index is 10.6. The quantitative estimate of drug-likeness (QED) is 0.439. The van der Waals surface area contributed by atoms with Crippen molar-refractivity contribution in [3.05, 3.63) is 30.3 Å². The highest BCUT2D eigenvalue weighted by molar-refractivity contribution is 7.05. The average Bonchev–Trinajstić information content (AvgIpc) is 1.90. The van der Waals surface area contributed by atoms with Gasteiger partial charge in [0, 0.05) is 5.19 Å². The molecule has 0 atom stereocenters. The van der Waals surface area contributed by atoms with Crippen LogP contribution in [0.25, 0.3) is 0 Å². The third-order valence-electron chi connectivity index (χ3n) is 1.00. The summed E-state index contributed by atoms with van der Waals surface area (Å²) in [6, 6.07) is 9.02. The van der Waals surface area contributed by atoms with Gasteiger partial charge in [-0.2, -0.15) is 0 Å². The van der Waals surface area contributed by atoms with Crippen LogP contribution in [0.15, 0.2) is 30.3 Å². The molecule has 0 aromatic heterocycles. The highest BCUT2D eigenvalue weighted by Gasteiger charge is 2.00. The Morgan fingerprint density at radius 2 is 1.78 bits per heavy atom. The Kier molecular flexibility index (Phi) is 2.14. The lowest BCUT2D eigenvalue weighted by atomic mass is 10.4. The van der Waals surface area contributed by atoms with E-state index in [0.29, 0.717) is 0 Å². The lowest BCUT2D eigenvalue weighted by Crippen LogP contribution is -2.12. The maximum Gasteiger partial charge on any atom is 0.419 e. The zero-order valence-electron chi connectivity index (χ0n) is 4.67. The first kappa shape index (κ1) is 6.64. The molecule has 1 aromatic rings. The minimum atomic E-state index is -1.99. The largest absolute Gasteiger partial charge is 0.419 e. The molecule has 0 radical (unpaired) electrons. The van der Waals surface area contributed by atoms with E-state index in [1.54, 1.807) is 12.1 Å². The Balaban J connectivity index is 2.98. The Hall–Kier alpha value is -0.473. The fraction of sp³-hybridized carbons (Fsp3) is 0. The van der Waals surface area contributed by atoms with E-state index in [1.165, 1.54) is 0 Å². The van der Waals surface area contributed by atoms with Gasteiger partial charge in [-0.3, -0.25) is 0 Å². The lowest BCUT2D eigenvalue weighted by molar-refractivity contribution is 0.579. The van der Waals surface area contributed by atoms with Gasteiger partial charge in [-0.05, 0) is 0 Å². The van der Waals surface area contributed by atoms with Gasteiger partial charge in [-0.1, -0.05) is 41.4 Å². The van der Waals surface area contributed by atoms with Gasteiger partial charge < -0.3 is 4.46 Å². The lowest BCUT2D eigenvalue weighted by Gasteiger charge is -1.86. The van der Waals surface area contributed by atoms with Crippen molar-refractivity contribution in [3.63, 3.8) is 0 Å². The summed E-state index contributed by atoms with van der Waals surface area (Å²) in [4.78, 5) is 0. The highest BCUT2D eigenvalue weighted by atomic mass is 35.6. The highest BCUT2D eigenvalue weighted by Crippen LogP contribution is 1.84. The molecule has 0 heterocycles. The molecule has 0 fully saturated rings. The van der Waals surface area contributed by atoms with Crippen LogP contribution in [-0.2, 0) is 4.46 Å². The fourth-order valence-corrected chi connectivity index (χ4v) is 1.40. The predicted octanol–water partition coefficient (Wildman–Crippen LogP) is 1.05. The number of hydrogen-bond donors (Lipinski definition) is 0. The van der Waals surface area contributed by atoms with Crippen LogP contribution >= 0.6 is 11.1 Å². The van der Waals surface area contributed by atoms with Gasteiger partial charge in [0.15, 0.2) is 0 Å². The molecular weight excluding hydrogens is 152 g/mol. The van der Waals surface area contributed by atoms with E-state index >= 15 is 0 Å². The Bertz CT molecular complexity index is 210. The number of hydrogen-bond acceptors (Lipinski definition) is 1. The first-order valence-corrected chi connectivity index (χ1v) is 4.97. The molecule has 0 saturated carbocycles. The normalized spacial score (nSPS) is 9.00. The summed E-state index contributed by atoms with van der Waals surface area (Å²) in [6.07, 6.45) is 0. The molecule has 0 aliphatic heterocycles. The molecule has 1 nitrogen and oxygen atoms in total. The average molecular weight is 157 g/mol. The predicted molar refractivity (Wildman–Crippen MR) is 38.4 cm³/mol. The zero-order chi connectivity index (χ0) is 6.69. The standard InChI is InChI=1S/C6H5ClOSi/c7-9(8)6-4-2-1-3-5-6/h1-5H. The second kappa shape index (κ2) is 2.89. The van der Waals surface area contributed by atoms with E-state index in [4.69, 9.17) is 11.1 Å². The van der Waals surface area contributed by atoms with Crippen molar-refractivity contribution in [1.82, 2.24) is 0 Å². The third kappa shape index (κ3) is 1.73.